The molecule has 0 unspecified atom stereocenters. The third-order valence-corrected chi connectivity index (χ3v) is 4.67. The third-order valence-electron chi connectivity index (χ3n) is 4.67. The number of hydrogen-bond donors (Lipinski definition) is 3. The number of rotatable bonds is 5. The molecular formula is C21H25N3O2. The maximum absolute atomic E-state index is 12.6. The van der Waals surface area contributed by atoms with Crippen molar-refractivity contribution >= 4 is 23.2 Å². The van der Waals surface area contributed by atoms with Gasteiger partial charge in [-0.1, -0.05) is 24.3 Å². The number of amides is 2. The van der Waals surface area contributed by atoms with E-state index in [9.17, 15) is 9.59 Å². The van der Waals surface area contributed by atoms with Crippen LogP contribution in [0.25, 0.3) is 0 Å². The molecule has 0 saturated carbocycles. The van der Waals surface area contributed by atoms with Crippen LogP contribution < -0.4 is 16.0 Å². The Hall–Kier alpha value is -2.82. The van der Waals surface area contributed by atoms with E-state index < -0.39 is 0 Å². The lowest BCUT2D eigenvalue weighted by atomic mass is 9.87. The van der Waals surface area contributed by atoms with E-state index in [1.165, 1.54) is 18.1 Å². The van der Waals surface area contributed by atoms with Gasteiger partial charge in [0.15, 0.2) is 0 Å². The highest BCUT2D eigenvalue weighted by Gasteiger charge is 2.23. The molecule has 5 nitrogen and oxygen atoms in total. The van der Waals surface area contributed by atoms with Crippen molar-refractivity contribution in [2.45, 2.75) is 45.2 Å². The van der Waals surface area contributed by atoms with Crippen LogP contribution in [-0.4, -0.2) is 17.9 Å². The largest absolute Gasteiger partial charge is 0.374 e. The number of anilines is 2. The number of carbonyl (C=O) groups excluding carboxylic acids is 2. The summed E-state index contributed by atoms with van der Waals surface area (Å²) in [7, 11) is 0. The molecule has 1 aliphatic carbocycles. The van der Waals surface area contributed by atoms with Gasteiger partial charge in [0.25, 0.3) is 0 Å². The number of benzene rings is 2. The summed E-state index contributed by atoms with van der Waals surface area (Å²) in [5.74, 6) is -0.121. The molecule has 0 spiro atoms. The first kappa shape index (κ1) is 18.0. The van der Waals surface area contributed by atoms with E-state index in [0.29, 0.717) is 0 Å². The van der Waals surface area contributed by atoms with Gasteiger partial charge in [-0.15, -0.1) is 0 Å². The van der Waals surface area contributed by atoms with Crippen molar-refractivity contribution in [2.24, 2.45) is 0 Å². The first-order chi connectivity index (χ1) is 12.5. The molecule has 0 aliphatic heterocycles. The number of fused-ring (bicyclic) bond motifs is 1. The fraction of sp³-hybridized carbons (Fsp3) is 0.333. The first-order valence-corrected chi connectivity index (χ1v) is 9.05. The Morgan fingerprint density at radius 2 is 1.73 bits per heavy atom. The fourth-order valence-corrected chi connectivity index (χ4v) is 3.37. The molecule has 0 bridgehead atoms. The van der Waals surface area contributed by atoms with Crippen LogP contribution in [0, 0.1) is 0 Å². The van der Waals surface area contributed by atoms with Gasteiger partial charge in [0, 0.05) is 18.3 Å². The highest BCUT2D eigenvalue weighted by Crippen LogP contribution is 2.29. The predicted molar refractivity (Wildman–Crippen MR) is 104 cm³/mol. The maximum atomic E-state index is 12.6. The van der Waals surface area contributed by atoms with E-state index in [-0.39, 0.29) is 23.9 Å². The van der Waals surface area contributed by atoms with Gasteiger partial charge in [-0.2, -0.15) is 0 Å². The molecule has 136 valence electrons. The van der Waals surface area contributed by atoms with Crippen molar-refractivity contribution in [3.63, 3.8) is 0 Å². The second-order valence-electron chi connectivity index (χ2n) is 6.78. The number of aryl methyl sites for hydroxylation is 1. The topological polar surface area (TPSA) is 70.2 Å². The van der Waals surface area contributed by atoms with Crippen molar-refractivity contribution < 1.29 is 9.59 Å². The molecule has 26 heavy (non-hydrogen) atoms. The molecule has 3 N–H and O–H groups in total. The minimum Gasteiger partial charge on any atom is -0.374 e. The lowest BCUT2D eigenvalue weighted by Crippen LogP contribution is -2.40. The van der Waals surface area contributed by atoms with Crippen LogP contribution in [0.4, 0.5) is 11.4 Å². The SMILES string of the molecule is CC(=O)Nc1ccc(N[C@H](C)C(=O)N[C@H]2CCCc3ccccc32)cc1. The Bertz CT molecular complexity index is 786. The van der Waals surface area contributed by atoms with Gasteiger partial charge in [0.2, 0.25) is 11.8 Å². The highest BCUT2D eigenvalue weighted by molar-refractivity contribution is 5.89. The lowest BCUT2D eigenvalue weighted by molar-refractivity contribution is -0.122. The summed E-state index contributed by atoms with van der Waals surface area (Å²) < 4.78 is 0. The van der Waals surface area contributed by atoms with E-state index in [4.69, 9.17) is 0 Å². The summed E-state index contributed by atoms with van der Waals surface area (Å²) in [4.78, 5) is 23.7. The molecule has 2 aromatic carbocycles. The third kappa shape index (κ3) is 4.42. The average Bonchev–Trinajstić information content (AvgIpc) is 2.63. The molecule has 2 atom stereocenters. The lowest BCUT2D eigenvalue weighted by Gasteiger charge is -2.27. The molecular weight excluding hydrogens is 326 g/mol. The van der Waals surface area contributed by atoms with Crippen LogP contribution in [0.5, 0.6) is 0 Å². The Kier molecular flexibility index (Phi) is 5.56. The van der Waals surface area contributed by atoms with Crippen LogP contribution >= 0.6 is 0 Å². The van der Waals surface area contributed by atoms with Gasteiger partial charge < -0.3 is 16.0 Å². The normalized spacial score (nSPS) is 16.9. The Morgan fingerprint density at radius 3 is 2.46 bits per heavy atom. The van der Waals surface area contributed by atoms with E-state index in [1.807, 2.05) is 37.3 Å². The Balaban J connectivity index is 1.59. The second-order valence-corrected chi connectivity index (χ2v) is 6.78. The zero-order valence-corrected chi connectivity index (χ0v) is 15.2. The van der Waals surface area contributed by atoms with Crippen LogP contribution in [0.3, 0.4) is 0 Å². The van der Waals surface area contributed by atoms with Gasteiger partial charge >= 0.3 is 0 Å². The van der Waals surface area contributed by atoms with Crippen LogP contribution in [0.15, 0.2) is 48.5 Å². The fourth-order valence-electron chi connectivity index (χ4n) is 3.37. The quantitative estimate of drug-likeness (QED) is 0.770. The predicted octanol–water partition coefficient (Wildman–Crippen LogP) is 3.64. The van der Waals surface area contributed by atoms with Crippen molar-refractivity contribution in [1.29, 1.82) is 0 Å². The molecule has 1 aliphatic rings. The smallest absolute Gasteiger partial charge is 0.242 e. The number of carbonyl (C=O) groups is 2. The van der Waals surface area contributed by atoms with E-state index in [1.54, 1.807) is 0 Å². The van der Waals surface area contributed by atoms with E-state index in [0.717, 1.165) is 30.6 Å². The minimum atomic E-state index is -0.351. The molecule has 0 aromatic heterocycles. The minimum absolute atomic E-state index is 0.0161. The molecule has 0 heterocycles. The molecule has 0 saturated heterocycles. The highest BCUT2D eigenvalue weighted by atomic mass is 16.2. The summed E-state index contributed by atoms with van der Waals surface area (Å²) in [6.45, 7) is 3.33. The number of nitrogens with one attached hydrogen (secondary N) is 3. The summed E-state index contributed by atoms with van der Waals surface area (Å²) in [6, 6.07) is 15.4. The van der Waals surface area contributed by atoms with Gasteiger partial charge in [-0.05, 0) is 61.6 Å². The standard InChI is InChI=1S/C21H25N3O2/c1-14(22-17-10-12-18(13-11-17)23-15(2)25)21(26)24-20-9-5-7-16-6-3-4-8-19(16)20/h3-4,6,8,10-14,20,22H,5,7,9H2,1-2H3,(H,23,25)(H,24,26)/t14-,20+/m1/s1. The van der Waals surface area contributed by atoms with Crippen LogP contribution in [0.1, 0.15) is 43.9 Å². The zero-order chi connectivity index (χ0) is 18.5. The summed E-state index contributed by atoms with van der Waals surface area (Å²) >= 11 is 0. The molecule has 3 rings (SSSR count). The second kappa shape index (κ2) is 8.04. The van der Waals surface area contributed by atoms with Gasteiger partial charge in [0.1, 0.15) is 6.04 Å². The van der Waals surface area contributed by atoms with Gasteiger partial charge in [-0.3, -0.25) is 9.59 Å². The van der Waals surface area contributed by atoms with Crippen LogP contribution in [-0.2, 0) is 16.0 Å². The molecule has 0 fully saturated rings. The Labute approximate surface area is 154 Å². The van der Waals surface area contributed by atoms with Gasteiger partial charge in [0.05, 0.1) is 6.04 Å². The van der Waals surface area contributed by atoms with Gasteiger partial charge in [-0.25, -0.2) is 0 Å². The number of hydrogen-bond acceptors (Lipinski definition) is 3. The summed E-state index contributed by atoms with van der Waals surface area (Å²) in [5, 5.41) is 9.11. The maximum Gasteiger partial charge on any atom is 0.242 e. The average molecular weight is 351 g/mol. The molecule has 2 amide bonds. The van der Waals surface area contributed by atoms with Crippen molar-refractivity contribution in [2.75, 3.05) is 10.6 Å². The van der Waals surface area contributed by atoms with Crippen molar-refractivity contribution in [1.82, 2.24) is 5.32 Å². The molecule has 0 radical (unpaired) electrons. The van der Waals surface area contributed by atoms with Crippen LogP contribution in [0.2, 0.25) is 0 Å². The summed E-state index contributed by atoms with van der Waals surface area (Å²) in [5.41, 5.74) is 4.14. The van der Waals surface area contributed by atoms with Crippen molar-refractivity contribution in [3.8, 4) is 0 Å². The molecule has 2 aromatic rings. The summed E-state index contributed by atoms with van der Waals surface area (Å²) in [6.07, 6.45) is 3.15. The van der Waals surface area contributed by atoms with Crippen molar-refractivity contribution in [3.05, 3.63) is 59.7 Å². The Morgan fingerprint density at radius 1 is 1.04 bits per heavy atom. The zero-order valence-electron chi connectivity index (χ0n) is 15.2. The molecule has 5 heteroatoms. The monoisotopic (exact) mass is 351 g/mol. The first-order valence-electron chi connectivity index (χ1n) is 9.05. The van der Waals surface area contributed by atoms with E-state index in [2.05, 4.69) is 34.1 Å². The van der Waals surface area contributed by atoms with E-state index >= 15 is 0 Å².